The molecule has 8 heteroatoms. The second-order valence-electron chi connectivity index (χ2n) is 5.90. The Labute approximate surface area is 159 Å². The number of nitrogens with two attached hydrogens (primary N) is 1. The molecule has 0 radical (unpaired) electrons. The summed E-state index contributed by atoms with van der Waals surface area (Å²) in [6.45, 7) is 1.35. The number of Topliss-reactive ketones (excluding diaryl/α,β-unsaturated/α-hetero) is 1. The van der Waals surface area contributed by atoms with E-state index in [-0.39, 0.29) is 22.1 Å². The van der Waals surface area contributed by atoms with Gasteiger partial charge in [-0.25, -0.2) is 9.97 Å². The third-order valence-corrected chi connectivity index (χ3v) is 5.02. The van der Waals surface area contributed by atoms with Crippen LogP contribution in [0, 0.1) is 11.3 Å². The summed E-state index contributed by atoms with van der Waals surface area (Å²) in [6.07, 6.45) is 2.84. The van der Waals surface area contributed by atoms with Crippen LogP contribution in [0.5, 0.6) is 0 Å². The fourth-order valence-electron chi connectivity index (χ4n) is 3.04. The van der Waals surface area contributed by atoms with Crippen molar-refractivity contribution in [3.05, 3.63) is 46.7 Å². The fraction of sp³-hybridized carbons (Fsp3) is 0.294. The number of carbonyl (C=O) groups is 1. The Kier molecular flexibility index (Phi) is 5.34. The molecule has 25 heavy (non-hydrogen) atoms. The molecule has 3 N–H and O–H groups in total. The van der Waals surface area contributed by atoms with Gasteiger partial charge in [-0.05, 0) is 53.0 Å². The molecule has 1 fully saturated rings. The third-order valence-electron chi connectivity index (χ3n) is 4.37. The molecule has 0 bridgehead atoms. The molecule has 130 valence electrons. The number of halogens is 2. The first-order valence-electron chi connectivity index (χ1n) is 7.87. The summed E-state index contributed by atoms with van der Waals surface area (Å²) >= 11 is 9.03. The van der Waals surface area contributed by atoms with Gasteiger partial charge in [-0.2, -0.15) is 0 Å². The average Bonchev–Trinajstić information content (AvgIpc) is 2.61. The molecular weight excluding hydrogens is 406 g/mol. The van der Waals surface area contributed by atoms with Crippen LogP contribution in [0.25, 0.3) is 0 Å². The molecule has 2 heterocycles. The Morgan fingerprint density at radius 2 is 1.88 bits per heavy atom. The van der Waals surface area contributed by atoms with Gasteiger partial charge >= 0.3 is 0 Å². The highest BCUT2D eigenvalue weighted by Crippen LogP contribution is 2.29. The van der Waals surface area contributed by atoms with E-state index in [9.17, 15) is 4.79 Å². The van der Waals surface area contributed by atoms with Crippen molar-refractivity contribution in [2.45, 2.75) is 12.8 Å². The molecule has 1 aliphatic heterocycles. The van der Waals surface area contributed by atoms with Crippen molar-refractivity contribution in [3.63, 3.8) is 0 Å². The number of piperidine rings is 1. The monoisotopic (exact) mass is 421 g/mol. The predicted molar refractivity (Wildman–Crippen MR) is 103 cm³/mol. The quantitative estimate of drug-likeness (QED) is 0.580. The lowest BCUT2D eigenvalue weighted by Crippen LogP contribution is -2.37. The van der Waals surface area contributed by atoms with Gasteiger partial charge in [0.2, 0.25) is 0 Å². The summed E-state index contributed by atoms with van der Waals surface area (Å²) in [5.41, 5.74) is 7.06. The van der Waals surface area contributed by atoms with Crippen molar-refractivity contribution in [2.75, 3.05) is 23.7 Å². The summed E-state index contributed by atoms with van der Waals surface area (Å²) in [4.78, 5) is 22.9. The molecule has 0 spiro atoms. The lowest BCUT2D eigenvalue weighted by molar-refractivity contribution is 0.0900. The fourth-order valence-corrected chi connectivity index (χ4v) is 3.55. The minimum absolute atomic E-state index is 0.0246. The highest BCUT2D eigenvalue weighted by molar-refractivity contribution is 9.18. The smallest absolute Gasteiger partial charge is 0.166 e. The molecule has 0 atom stereocenters. The van der Waals surface area contributed by atoms with E-state index in [1.165, 1.54) is 6.33 Å². The number of anilines is 2. The van der Waals surface area contributed by atoms with Crippen LogP contribution in [0.3, 0.4) is 0 Å². The Balaban J connectivity index is 1.72. The normalized spacial score (nSPS) is 15.2. The molecule has 1 saturated heterocycles. The molecule has 0 unspecified atom stereocenters. The SMILES string of the molecule is N=C(Br)c1c(N)ncnc1N1CCC(C(=O)c2ccc(Cl)cc2)CC1. The first-order chi connectivity index (χ1) is 12.0. The number of hydrogen-bond acceptors (Lipinski definition) is 6. The van der Waals surface area contributed by atoms with Gasteiger partial charge < -0.3 is 10.6 Å². The molecule has 6 nitrogen and oxygen atoms in total. The number of nitrogen functional groups attached to an aromatic ring is 1. The standard InChI is InChI=1S/C17H17BrClN5O/c18-15(20)13-16(21)22-9-23-17(13)24-7-5-11(6-8-24)14(25)10-1-3-12(19)4-2-10/h1-4,9,11,20H,5-8H2,(H2,21,22,23). The second kappa shape index (κ2) is 7.49. The Morgan fingerprint density at radius 1 is 1.24 bits per heavy atom. The summed E-state index contributed by atoms with van der Waals surface area (Å²) < 4.78 is 0.153. The summed E-state index contributed by atoms with van der Waals surface area (Å²) in [5, 5.41) is 8.46. The number of carbonyl (C=O) groups excluding carboxylic acids is 1. The van der Waals surface area contributed by atoms with Crippen molar-refractivity contribution in [1.29, 1.82) is 5.41 Å². The van der Waals surface area contributed by atoms with Gasteiger partial charge in [0, 0.05) is 29.6 Å². The third kappa shape index (κ3) is 3.82. The molecule has 1 aromatic heterocycles. The zero-order valence-corrected chi connectivity index (χ0v) is 15.7. The van der Waals surface area contributed by atoms with Crippen LogP contribution in [0.4, 0.5) is 11.6 Å². The van der Waals surface area contributed by atoms with Gasteiger partial charge in [-0.3, -0.25) is 10.2 Å². The molecule has 0 amide bonds. The molecule has 0 aliphatic carbocycles. The van der Waals surface area contributed by atoms with Crippen LogP contribution >= 0.6 is 27.5 Å². The number of ketones is 1. The van der Waals surface area contributed by atoms with Gasteiger partial charge in [0.15, 0.2) is 5.78 Å². The molecular formula is C17H17BrClN5O. The Morgan fingerprint density at radius 3 is 2.48 bits per heavy atom. The van der Waals surface area contributed by atoms with Crippen LogP contribution < -0.4 is 10.6 Å². The average molecular weight is 423 g/mol. The van der Waals surface area contributed by atoms with E-state index in [1.54, 1.807) is 24.3 Å². The highest BCUT2D eigenvalue weighted by Gasteiger charge is 2.28. The minimum atomic E-state index is -0.0246. The van der Waals surface area contributed by atoms with E-state index in [2.05, 4.69) is 30.8 Å². The van der Waals surface area contributed by atoms with Crippen LogP contribution in [0.2, 0.25) is 5.02 Å². The summed E-state index contributed by atoms with van der Waals surface area (Å²) in [6, 6.07) is 7.02. The van der Waals surface area contributed by atoms with Crippen molar-refractivity contribution in [3.8, 4) is 0 Å². The first-order valence-corrected chi connectivity index (χ1v) is 9.04. The molecule has 3 rings (SSSR count). The van der Waals surface area contributed by atoms with E-state index >= 15 is 0 Å². The number of nitrogens with one attached hydrogen (secondary N) is 1. The van der Waals surface area contributed by atoms with E-state index in [4.69, 9.17) is 22.7 Å². The summed E-state index contributed by atoms with van der Waals surface area (Å²) in [5.74, 6) is 1.02. The van der Waals surface area contributed by atoms with Crippen LogP contribution in [0.15, 0.2) is 30.6 Å². The van der Waals surface area contributed by atoms with E-state index in [0.29, 0.717) is 35.1 Å². The van der Waals surface area contributed by atoms with Crippen molar-refractivity contribution < 1.29 is 4.79 Å². The number of aromatic nitrogens is 2. The molecule has 2 aromatic rings. The van der Waals surface area contributed by atoms with Crippen molar-refractivity contribution in [1.82, 2.24) is 9.97 Å². The van der Waals surface area contributed by atoms with Crippen LogP contribution in [0.1, 0.15) is 28.8 Å². The maximum atomic E-state index is 12.6. The van der Waals surface area contributed by atoms with Crippen molar-refractivity contribution in [2.24, 2.45) is 5.92 Å². The maximum absolute atomic E-state index is 12.6. The number of nitrogens with zero attached hydrogens (tertiary/aromatic N) is 3. The number of benzene rings is 1. The number of rotatable bonds is 4. The van der Waals surface area contributed by atoms with Gasteiger partial charge in [0.25, 0.3) is 0 Å². The Bertz CT molecular complexity index is 803. The van der Waals surface area contributed by atoms with Crippen molar-refractivity contribution >= 4 is 49.6 Å². The largest absolute Gasteiger partial charge is 0.383 e. The number of hydrogen-bond donors (Lipinski definition) is 2. The molecule has 0 saturated carbocycles. The molecule has 1 aromatic carbocycles. The topological polar surface area (TPSA) is 96.0 Å². The van der Waals surface area contributed by atoms with E-state index in [0.717, 1.165) is 12.8 Å². The van der Waals surface area contributed by atoms with Gasteiger partial charge in [0.1, 0.15) is 22.6 Å². The van der Waals surface area contributed by atoms with Gasteiger partial charge in [-0.15, -0.1) is 0 Å². The van der Waals surface area contributed by atoms with Gasteiger partial charge in [-0.1, -0.05) is 11.6 Å². The highest BCUT2D eigenvalue weighted by atomic mass is 79.9. The second-order valence-corrected chi connectivity index (χ2v) is 7.13. The predicted octanol–water partition coefficient (Wildman–Crippen LogP) is 3.53. The van der Waals surface area contributed by atoms with E-state index < -0.39 is 0 Å². The minimum Gasteiger partial charge on any atom is -0.383 e. The lowest BCUT2D eigenvalue weighted by Gasteiger charge is -2.33. The molecule has 1 aliphatic rings. The Hall–Kier alpha value is -1.99. The zero-order chi connectivity index (χ0) is 18.0. The maximum Gasteiger partial charge on any atom is 0.166 e. The van der Waals surface area contributed by atoms with Gasteiger partial charge in [0.05, 0.1) is 5.56 Å². The first kappa shape index (κ1) is 17.8. The lowest BCUT2D eigenvalue weighted by atomic mass is 9.89. The zero-order valence-electron chi connectivity index (χ0n) is 13.4. The van der Waals surface area contributed by atoms with Crippen LogP contribution in [-0.2, 0) is 0 Å². The van der Waals surface area contributed by atoms with Crippen LogP contribution in [-0.4, -0.2) is 33.5 Å². The van der Waals surface area contributed by atoms with E-state index in [1.807, 2.05) is 0 Å². The summed E-state index contributed by atoms with van der Waals surface area (Å²) in [7, 11) is 0.